The van der Waals surface area contributed by atoms with Gasteiger partial charge < -0.3 is 14.0 Å². The Labute approximate surface area is 319 Å². The molecule has 0 radical (unpaired) electrons. The maximum atomic E-state index is 2.45. The molecular weight excluding hydrogens is 667 g/mol. The molecule has 3 heteroatoms. The third kappa shape index (κ3) is 5.05. The average Bonchev–Trinajstić information content (AvgIpc) is 3.77. The highest BCUT2D eigenvalue weighted by atomic mass is 15.2. The second kappa shape index (κ2) is 12.6. The third-order valence-electron chi connectivity index (χ3n) is 11.1. The highest BCUT2D eigenvalue weighted by molar-refractivity contribution is 6.17. The van der Waals surface area contributed by atoms with E-state index in [2.05, 4.69) is 226 Å². The number of hydrogen-bond donors (Lipinski definition) is 0. The molecule has 0 saturated heterocycles. The molecule has 0 spiro atoms. The number of nitrogens with zero attached hydrogens (tertiary/aromatic N) is 3. The van der Waals surface area contributed by atoms with Crippen molar-refractivity contribution in [3.8, 4) is 22.5 Å². The van der Waals surface area contributed by atoms with E-state index < -0.39 is 0 Å². The molecule has 0 aliphatic heterocycles. The van der Waals surface area contributed by atoms with Gasteiger partial charge in [0.2, 0.25) is 0 Å². The van der Waals surface area contributed by atoms with Gasteiger partial charge >= 0.3 is 0 Å². The summed E-state index contributed by atoms with van der Waals surface area (Å²) in [5.74, 6) is 0. The normalized spacial score (nSPS) is 11.6. The SMILES string of the molecule is c1ccc(-c2ccc(-n3c4ccccc4c4ccc(N(c5ccc6ccccc6c5)c5cccc6c5c5ccccc5n6-c5ccccc5)cc43)cc2)cc1. The molecule has 0 N–H and O–H groups in total. The lowest BCUT2D eigenvalue weighted by Crippen LogP contribution is -2.10. The Morgan fingerprint density at radius 1 is 0.309 bits per heavy atom. The minimum Gasteiger partial charge on any atom is -0.310 e. The number of para-hydroxylation sites is 3. The molecule has 0 saturated carbocycles. The number of benzene rings is 9. The van der Waals surface area contributed by atoms with Crippen LogP contribution in [0.1, 0.15) is 0 Å². The Morgan fingerprint density at radius 3 is 1.65 bits per heavy atom. The number of rotatable bonds is 6. The van der Waals surface area contributed by atoms with E-state index in [1.807, 2.05) is 0 Å². The Bertz CT molecular complexity index is 3190. The number of aromatic nitrogens is 2. The van der Waals surface area contributed by atoms with Crippen molar-refractivity contribution in [2.75, 3.05) is 4.90 Å². The van der Waals surface area contributed by atoms with Gasteiger partial charge in [-0.1, -0.05) is 140 Å². The van der Waals surface area contributed by atoms with Crippen LogP contribution < -0.4 is 4.90 Å². The van der Waals surface area contributed by atoms with Crippen molar-refractivity contribution >= 4 is 71.4 Å². The van der Waals surface area contributed by atoms with Crippen LogP contribution in [0.5, 0.6) is 0 Å². The van der Waals surface area contributed by atoms with Crippen LogP contribution >= 0.6 is 0 Å². The number of anilines is 3. The van der Waals surface area contributed by atoms with Gasteiger partial charge in [-0.05, 0) is 94.7 Å². The first-order valence-corrected chi connectivity index (χ1v) is 18.9. The second-order valence-corrected chi connectivity index (χ2v) is 14.2. The molecule has 3 nitrogen and oxygen atoms in total. The summed E-state index contributed by atoms with van der Waals surface area (Å²) in [6, 6.07) is 77.0. The summed E-state index contributed by atoms with van der Waals surface area (Å²) in [6.07, 6.45) is 0. The highest BCUT2D eigenvalue weighted by Crippen LogP contribution is 2.45. The minimum absolute atomic E-state index is 1.09. The van der Waals surface area contributed by atoms with E-state index >= 15 is 0 Å². The van der Waals surface area contributed by atoms with E-state index in [9.17, 15) is 0 Å². The highest BCUT2D eigenvalue weighted by Gasteiger charge is 2.22. The molecule has 9 aromatic carbocycles. The third-order valence-corrected chi connectivity index (χ3v) is 11.1. The van der Waals surface area contributed by atoms with Gasteiger partial charge in [-0.25, -0.2) is 0 Å². The quantitative estimate of drug-likeness (QED) is 0.168. The zero-order valence-electron chi connectivity index (χ0n) is 30.0. The van der Waals surface area contributed by atoms with Crippen molar-refractivity contribution in [3.63, 3.8) is 0 Å². The monoisotopic (exact) mass is 701 g/mol. The summed E-state index contributed by atoms with van der Waals surface area (Å²) in [5.41, 5.74) is 12.7. The van der Waals surface area contributed by atoms with Crippen LogP contribution in [0.3, 0.4) is 0 Å². The Hall–Kier alpha value is -7.36. The summed E-state index contributed by atoms with van der Waals surface area (Å²) >= 11 is 0. The fourth-order valence-corrected chi connectivity index (χ4v) is 8.59. The first-order valence-electron chi connectivity index (χ1n) is 18.9. The molecule has 55 heavy (non-hydrogen) atoms. The summed E-state index contributed by atoms with van der Waals surface area (Å²) in [6.45, 7) is 0. The van der Waals surface area contributed by atoms with Crippen molar-refractivity contribution < 1.29 is 0 Å². The maximum absolute atomic E-state index is 2.45. The van der Waals surface area contributed by atoms with Crippen molar-refractivity contribution in [1.29, 1.82) is 0 Å². The number of hydrogen-bond acceptors (Lipinski definition) is 1. The van der Waals surface area contributed by atoms with Crippen LogP contribution in [0, 0.1) is 0 Å². The van der Waals surface area contributed by atoms with Crippen molar-refractivity contribution in [2.24, 2.45) is 0 Å². The molecular formula is C52H35N3. The van der Waals surface area contributed by atoms with Gasteiger partial charge in [-0.15, -0.1) is 0 Å². The van der Waals surface area contributed by atoms with Crippen LogP contribution in [0.2, 0.25) is 0 Å². The molecule has 2 aromatic heterocycles. The number of fused-ring (bicyclic) bond motifs is 7. The van der Waals surface area contributed by atoms with Gasteiger partial charge in [0.1, 0.15) is 0 Å². The molecule has 0 aliphatic carbocycles. The molecule has 2 heterocycles. The van der Waals surface area contributed by atoms with E-state index in [0.717, 1.165) is 34.0 Å². The van der Waals surface area contributed by atoms with Crippen molar-refractivity contribution in [2.45, 2.75) is 0 Å². The van der Waals surface area contributed by atoms with Crippen molar-refractivity contribution in [3.05, 3.63) is 212 Å². The predicted octanol–water partition coefficient (Wildman–Crippen LogP) is 14.2. The molecule has 0 fully saturated rings. The fraction of sp³-hybridized carbons (Fsp3) is 0. The summed E-state index contributed by atoms with van der Waals surface area (Å²) in [4.78, 5) is 2.45. The summed E-state index contributed by atoms with van der Waals surface area (Å²) < 4.78 is 4.82. The van der Waals surface area contributed by atoms with Gasteiger partial charge in [-0.2, -0.15) is 0 Å². The van der Waals surface area contributed by atoms with Crippen molar-refractivity contribution in [1.82, 2.24) is 9.13 Å². The van der Waals surface area contributed by atoms with E-state index in [4.69, 9.17) is 0 Å². The van der Waals surface area contributed by atoms with Crippen LogP contribution in [-0.4, -0.2) is 9.13 Å². The molecule has 0 unspecified atom stereocenters. The molecule has 0 aliphatic rings. The standard InChI is InChI=1S/C52H35N3/c1-3-14-36(15-4-1)38-26-29-41(30-27-38)55-47-22-11-9-20-44(47)45-33-32-43(35-51(45)55)53(42-31-28-37-16-7-8-17-39(37)34-42)49-24-13-25-50-52(49)46-21-10-12-23-48(46)54(50)40-18-5-2-6-19-40/h1-35H. The van der Waals surface area contributed by atoms with E-state index in [0.29, 0.717) is 0 Å². The van der Waals surface area contributed by atoms with E-state index in [1.165, 1.54) is 60.0 Å². The van der Waals surface area contributed by atoms with Crippen LogP contribution in [-0.2, 0) is 0 Å². The first-order chi connectivity index (χ1) is 27.3. The van der Waals surface area contributed by atoms with E-state index in [1.54, 1.807) is 0 Å². The van der Waals surface area contributed by atoms with Gasteiger partial charge in [0.15, 0.2) is 0 Å². The minimum atomic E-state index is 1.09. The Balaban J connectivity index is 1.18. The van der Waals surface area contributed by atoms with Gasteiger partial charge in [0, 0.05) is 44.3 Å². The Morgan fingerprint density at radius 2 is 0.855 bits per heavy atom. The lowest BCUT2D eigenvalue weighted by molar-refractivity contribution is 1.18. The van der Waals surface area contributed by atoms with Gasteiger partial charge in [0.25, 0.3) is 0 Å². The molecule has 0 atom stereocenters. The topological polar surface area (TPSA) is 13.1 Å². The summed E-state index contributed by atoms with van der Waals surface area (Å²) in [7, 11) is 0. The molecule has 0 amide bonds. The molecule has 11 rings (SSSR count). The Kier molecular flexibility index (Phi) is 7.17. The van der Waals surface area contributed by atoms with Gasteiger partial charge in [-0.3, -0.25) is 0 Å². The average molecular weight is 702 g/mol. The lowest BCUT2D eigenvalue weighted by atomic mass is 10.0. The zero-order valence-corrected chi connectivity index (χ0v) is 30.0. The van der Waals surface area contributed by atoms with Crippen LogP contribution in [0.4, 0.5) is 17.1 Å². The summed E-state index contributed by atoms with van der Waals surface area (Å²) in [5, 5.41) is 7.33. The smallest absolute Gasteiger partial charge is 0.0562 e. The fourth-order valence-electron chi connectivity index (χ4n) is 8.59. The zero-order chi connectivity index (χ0) is 36.3. The maximum Gasteiger partial charge on any atom is 0.0562 e. The molecule has 11 aromatic rings. The first kappa shape index (κ1) is 31.2. The van der Waals surface area contributed by atoms with Crippen LogP contribution in [0.15, 0.2) is 212 Å². The second-order valence-electron chi connectivity index (χ2n) is 14.2. The van der Waals surface area contributed by atoms with Crippen LogP contribution in [0.25, 0.3) is 76.9 Å². The van der Waals surface area contributed by atoms with Gasteiger partial charge in [0.05, 0.1) is 27.8 Å². The lowest BCUT2D eigenvalue weighted by Gasteiger charge is -2.27. The van der Waals surface area contributed by atoms with E-state index in [-0.39, 0.29) is 0 Å². The predicted molar refractivity (Wildman–Crippen MR) is 233 cm³/mol. The molecule has 258 valence electrons. The largest absolute Gasteiger partial charge is 0.310 e. The molecule has 0 bridgehead atoms.